The van der Waals surface area contributed by atoms with Gasteiger partial charge in [-0.25, -0.2) is 0 Å². The molecule has 68 valence electrons. The van der Waals surface area contributed by atoms with E-state index in [1.165, 1.54) is 25.7 Å². The fraction of sp³-hybridized carbons (Fsp3) is 0.900. The Bertz CT molecular complexity index is 165. The highest BCUT2D eigenvalue weighted by molar-refractivity contribution is 4.91. The Morgan fingerprint density at radius 1 is 1.50 bits per heavy atom. The first kappa shape index (κ1) is 9.54. The van der Waals surface area contributed by atoms with Gasteiger partial charge in [0.05, 0.1) is 12.1 Å². The minimum Gasteiger partial charge on any atom is -0.286 e. The molecule has 0 radical (unpaired) electrons. The van der Waals surface area contributed by atoms with E-state index >= 15 is 0 Å². The van der Waals surface area contributed by atoms with Crippen molar-refractivity contribution in [2.24, 2.45) is 0 Å². The predicted molar refractivity (Wildman–Crippen MR) is 49.7 cm³/mol. The summed E-state index contributed by atoms with van der Waals surface area (Å²) in [5.74, 6) is 0. The molecule has 1 rings (SSSR count). The molecule has 12 heavy (non-hydrogen) atoms. The van der Waals surface area contributed by atoms with Crippen molar-refractivity contribution in [2.75, 3.05) is 6.54 Å². The lowest BCUT2D eigenvalue weighted by Crippen LogP contribution is -2.39. The van der Waals surface area contributed by atoms with Crippen LogP contribution in [0.3, 0.4) is 0 Å². The van der Waals surface area contributed by atoms with Gasteiger partial charge in [0, 0.05) is 6.04 Å². The third-order valence-corrected chi connectivity index (χ3v) is 2.84. The highest BCUT2D eigenvalue weighted by atomic mass is 15.2. The fourth-order valence-corrected chi connectivity index (χ4v) is 2.16. The van der Waals surface area contributed by atoms with E-state index in [0.29, 0.717) is 6.04 Å². The van der Waals surface area contributed by atoms with Crippen LogP contribution < -0.4 is 0 Å². The minimum atomic E-state index is 0.0955. The molecule has 0 aromatic heterocycles. The fourth-order valence-electron chi connectivity index (χ4n) is 2.16. The molecule has 2 nitrogen and oxygen atoms in total. The van der Waals surface area contributed by atoms with Crippen LogP contribution in [0.4, 0.5) is 0 Å². The van der Waals surface area contributed by atoms with Crippen LogP contribution in [0.1, 0.15) is 39.5 Å². The van der Waals surface area contributed by atoms with E-state index < -0.39 is 0 Å². The van der Waals surface area contributed by atoms with E-state index in [1.807, 2.05) is 6.92 Å². The molecule has 1 fully saturated rings. The van der Waals surface area contributed by atoms with E-state index in [0.717, 1.165) is 6.54 Å². The van der Waals surface area contributed by atoms with Crippen molar-refractivity contribution in [3.05, 3.63) is 0 Å². The second-order valence-electron chi connectivity index (χ2n) is 3.57. The zero-order chi connectivity index (χ0) is 8.97. The summed E-state index contributed by atoms with van der Waals surface area (Å²) in [6.45, 7) is 5.16. The number of nitrogens with zero attached hydrogens (tertiary/aromatic N) is 2. The lowest BCUT2D eigenvalue weighted by Gasteiger charge is -2.29. The van der Waals surface area contributed by atoms with Crippen LogP contribution in [0.2, 0.25) is 0 Å². The first-order valence-electron chi connectivity index (χ1n) is 4.95. The quantitative estimate of drug-likeness (QED) is 0.642. The van der Waals surface area contributed by atoms with Gasteiger partial charge in [-0.15, -0.1) is 0 Å². The van der Waals surface area contributed by atoms with Crippen molar-refractivity contribution >= 4 is 0 Å². The van der Waals surface area contributed by atoms with Gasteiger partial charge in [-0.05, 0) is 26.3 Å². The van der Waals surface area contributed by atoms with Gasteiger partial charge in [-0.3, -0.25) is 4.90 Å². The molecule has 1 saturated carbocycles. The van der Waals surface area contributed by atoms with Gasteiger partial charge in [-0.2, -0.15) is 5.26 Å². The van der Waals surface area contributed by atoms with E-state index in [4.69, 9.17) is 5.26 Å². The summed E-state index contributed by atoms with van der Waals surface area (Å²) < 4.78 is 0. The number of nitriles is 1. The highest BCUT2D eigenvalue weighted by Crippen LogP contribution is 2.24. The molecule has 0 aromatic rings. The summed E-state index contributed by atoms with van der Waals surface area (Å²) in [6.07, 6.45) is 5.28. The van der Waals surface area contributed by atoms with Gasteiger partial charge in [0.2, 0.25) is 0 Å². The van der Waals surface area contributed by atoms with E-state index in [2.05, 4.69) is 17.9 Å². The van der Waals surface area contributed by atoms with Gasteiger partial charge >= 0.3 is 0 Å². The minimum absolute atomic E-state index is 0.0955. The largest absolute Gasteiger partial charge is 0.286 e. The topological polar surface area (TPSA) is 27.0 Å². The second kappa shape index (κ2) is 4.47. The average Bonchev–Trinajstić information content (AvgIpc) is 2.58. The van der Waals surface area contributed by atoms with Crippen LogP contribution >= 0.6 is 0 Å². The lowest BCUT2D eigenvalue weighted by molar-refractivity contribution is 0.184. The van der Waals surface area contributed by atoms with E-state index in [-0.39, 0.29) is 6.04 Å². The Balaban J connectivity index is 2.49. The SMILES string of the molecule is CCN(C(C)C#N)C1CCCC1. The zero-order valence-corrected chi connectivity index (χ0v) is 8.08. The molecule has 2 heteroatoms. The Labute approximate surface area is 75.2 Å². The first-order chi connectivity index (χ1) is 5.79. The summed E-state index contributed by atoms with van der Waals surface area (Å²) in [5, 5.41) is 8.80. The number of hydrogen-bond donors (Lipinski definition) is 0. The summed E-state index contributed by atoms with van der Waals surface area (Å²) >= 11 is 0. The maximum absolute atomic E-state index is 8.80. The van der Waals surface area contributed by atoms with Crippen LogP contribution in [0, 0.1) is 11.3 Å². The van der Waals surface area contributed by atoms with Crippen LogP contribution in [0.5, 0.6) is 0 Å². The van der Waals surface area contributed by atoms with Crippen LogP contribution in [-0.2, 0) is 0 Å². The smallest absolute Gasteiger partial charge is 0.0951 e. The molecule has 0 bridgehead atoms. The third-order valence-electron chi connectivity index (χ3n) is 2.84. The van der Waals surface area contributed by atoms with Crippen molar-refractivity contribution in [2.45, 2.75) is 51.6 Å². The molecule has 0 amide bonds. The van der Waals surface area contributed by atoms with Gasteiger partial charge in [0.25, 0.3) is 0 Å². The maximum atomic E-state index is 8.80. The van der Waals surface area contributed by atoms with Gasteiger partial charge < -0.3 is 0 Å². The Hall–Kier alpha value is -0.550. The molecule has 0 aromatic carbocycles. The summed E-state index contributed by atoms with van der Waals surface area (Å²) in [5.41, 5.74) is 0. The second-order valence-corrected chi connectivity index (χ2v) is 3.57. The molecule has 0 heterocycles. The van der Waals surface area contributed by atoms with Gasteiger partial charge in [-0.1, -0.05) is 19.8 Å². The van der Waals surface area contributed by atoms with Crippen LogP contribution in [-0.4, -0.2) is 23.5 Å². The number of hydrogen-bond acceptors (Lipinski definition) is 2. The van der Waals surface area contributed by atoms with Crippen molar-refractivity contribution in [3.63, 3.8) is 0 Å². The Morgan fingerprint density at radius 2 is 2.08 bits per heavy atom. The Kier molecular flexibility index (Phi) is 3.55. The molecular formula is C10H18N2. The summed E-state index contributed by atoms with van der Waals surface area (Å²) in [4.78, 5) is 2.33. The molecule has 0 aliphatic heterocycles. The van der Waals surface area contributed by atoms with Crippen LogP contribution in [0.15, 0.2) is 0 Å². The van der Waals surface area contributed by atoms with Gasteiger partial charge in [0.1, 0.15) is 0 Å². The normalized spacial score (nSPS) is 21.2. The zero-order valence-electron chi connectivity index (χ0n) is 8.08. The molecule has 0 N–H and O–H groups in total. The molecule has 1 atom stereocenters. The van der Waals surface area contributed by atoms with E-state index in [1.54, 1.807) is 0 Å². The van der Waals surface area contributed by atoms with Crippen molar-refractivity contribution in [1.29, 1.82) is 5.26 Å². The standard InChI is InChI=1S/C10H18N2/c1-3-12(9(2)8-11)10-6-4-5-7-10/h9-10H,3-7H2,1-2H3. The summed E-state index contributed by atoms with van der Waals surface area (Å²) in [7, 11) is 0. The van der Waals surface area contributed by atoms with Crippen molar-refractivity contribution < 1.29 is 0 Å². The molecule has 0 spiro atoms. The highest BCUT2D eigenvalue weighted by Gasteiger charge is 2.24. The number of rotatable bonds is 3. The van der Waals surface area contributed by atoms with Crippen LogP contribution in [0.25, 0.3) is 0 Å². The average molecular weight is 166 g/mol. The molecule has 1 aliphatic rings. The summed E-state index contributed by atoms with van der Waals surface area (Å²) in [6, 6.07) is 3.10. The Morgan fingerprint density at radius 3 is 2.50 bits per heavy atom. The van der Waals surface area contributed by atoms with E-state index in [9.17, 15) is 0 Å². The molecule has 1 aliphatic carbocycles. The molecular weight excluding hydrogens is 148 g/mol. The van der Waals surface area contributed by atoms with Crippen molar-refractivity contribution in [1.82, 2.24) is 4.90 Å². The molecule has 1 unspecified atom stereocenters. The first-order valence-corrected chi connectivity index (χ1v) is 4.95. The van der Waals surface area contributed by atoms with Gasteiger partial charge in [0.15, 0.2) is 0 Å². The molecule has 0 saturated heterocycles. The monoisotopic (exact) mass is 166 g/mol. The predicted octanol–water partition coefficient (Wildman–Crippen LogP) is 2.16. The lowest BCUT2D eigenvalue weighted by atomic mass is 10.1. The van der Waals surface area contributed by atoms with Crippen molar-refractivity contribution in [3.8, 4) is 6.07 Å². The maximum Gasteiger partial charge on any atom is 0.0951 e. The third kappa shape index (κ3) is 1.98.